The molecule has 0 amide bonds. The van der Waals surface area contributed by atoms with E-state index < -0.39 is 5.60 Å². The van der Waals surface area contributed by atoms with Crippen LogP contribution in [0.1, 0.15) is 39.5 Å². The van der Waals surface area contributed by atoms with Crippen LogP contribution in [0.2, 0.25) is 0 Å². The molecule has 0 aromatic rings. The van der Waals surface area contributed by atoms with Gasteiger partial charge in [0.1, 0.15) is 0 Å². The van der Waals surface area contributed by atoms with Gasteiger partial charge in [0.05, 0.1) is 6.07 Å². The van der Waals surface area contributed by atoms with Crippen LogP contribution in [0, 0.1) is 11.3 Å². The van der Waals surface area contributed by atoms with Gasteiger partial charge in [-0.05, 0) is 12.8 Å². The molecule has 0 aliphatic rings. The Labute approximate surface area is 62.5 Å². The largest absolute Gasteiger partial charge is 0.375 e. The minimum atomic E-state index is -1.05. The van der Waals surface area contributed by atoms with E-state index >= 15 is 0 Å². The molecule has 0 saturated heterocycles. The highest BCUT2D eigenvalue weighted by molar-refractivity contribution is 4.98. The van der Waals surface area contributed by atoms with Gasteiger partial charge in [0.15, 0.2) is 5.60 Å². The average molecular weight is 141 g/mol. The highest BCUT2D eigenvalue weighted by atomic mass is 16.3. The molecule has 0 aromatic carbocycles. The zero-order valence-electron chi connectivity index (χ0n) is 6.72. The maximum Gasteiger partial charge on any atom is 0.151 e. The third-order valence-corrected chi connectivity index (χ3v) is 1.54. The van der Waals surface area contributed by atoms with E-state index in [-0.39, 0.29) is 0 Å². The van der Waals surface area contributed by atoms with Gasteiger partial charge in [0.25, 0.3) is 0 Å². The fourth-order valence-corrected chi connectivity index (χ4v) is 1.06. The van der Waals surface area contributed by atoms with E-state index in [1.807, 2.05) is 19.9 Å². The van der Waals surface area contributed by atoms with Crippen LogP contribution in [0.15, 0.2) is 0 Å². The van der Waals surface area contributed by atoms with Crippen LogP contribution in [0.3, 0.4) is 0 Å². The van der Waals surface area contributed by atoms with Gasteiger partial charge in [0.2, 0.25) is 0 Å². The Balaban J connectivity index is 3.85. The van der Waals surface area contributed by atoms with E-state index in [1.165, 1.54) is 0 Å². The first-order valence-electron chi connectivity index (χ1n) is 3.82. The minimum Gasteiger partial charge on any atom is -0.375 e. The Bertz CT molecular complexity index is 120. The topological polar surface area (TPSA) is 44.0 Å². The smallest absolute Gasteiger partial charge is 0.151 e. The molecule has 58 valence electrons. The van der Waals surface area contributed by atoms with Gasteiger partial charge in [-0.2, -0.15) is 5.26 Å². The number of hydrogen-bond donors (Lipinski definition) is 1. The molecule has 2 nitrogen and oxygen atoms in total. The Kier molecular flexibility index (Phi) is 4.06. The molecule has 0 heterocycles. The SMILES string of the molecule is CCCC(O)(C#N)CCC. The second kappa shape index (κ2) is 4.29. The molecule has 2 heteroatoms. The second-order valence-corrected chi connectivity index (χ2v) is 2.64. The first kappa shape index (κ1) is 9.45. The van der Waals surface area contributed by atoms with Crippen LogP contribution in [-0.2, 0) is 0 Å². The molecule has 0 fully saturated rings. The van der Waals surface area contributed by atoms with E-state index in [2.05, 4.69) is 0 Å². The Morgan fingerprint density at radius 2 is 1.70 bits per heavy atom. The van der Waals surface area contributed by atoms with E-state index in [1.54, 1.807) is 0 Å². The van der Waals surface area contributed by atoms with Crippen molar-refractivity contribution in [1.82, 2.24) is 0 Å². The zero-order chi connectivity index (χ0) is 8.04. The molecule has 0 rings (SSSR count). The lowest BCUT2D eigenvalue weighted by Gasteiger charge is -2.17. The molecule has 0 radical (unpaired) electrons. The van der Waals surface area contributed by atoms with Crippen molar-refractivity contribution in [2.24, 2.45) is 0 Å². The highest BCUT2D eigenvalue weighted by Gasteiger charge is 2.23. The summed E-state index contributed by atoms with van der Waals surface area (Å²) in [6.07, 6.45) is 2.92. The Hall–Kier alpha value is -0.550. The van der Waals surface area contributed by atoms with Gasteiger partial charge >= 0.3 is 0 Å². The Morgan fingerprint density at radius 3 is 1.90 bits per heavy atom. The van der Waals surface area contributed by atoms with Crippen LogP contribution in [0.5, 0.6) is 0 Å². The molecule has 0 unspecified atom stereocenters. The maximum absolute atomic E-state index is 9.46. The van der Waals surface area contributed by atoms with Crippen LogP contribution < -0.4 is 0 Å². The lowest BCUT2D eigenvalue weighted by molar-refractivity contribution is 0.0785. The molecule has 0 aliphatic heterocycles. The summed E-state index contributed by atoms with van der Waals surface area (Å²) < 4.78 is 0. The molecule has 0 atom stereocenters. The quantitative estimate of drug-likeness (QED) is 0.607. The number of nitrogens with zero attached hydrogens (tertiary/aromatic N) is 1. The first-order chi connectivity index (χ1) is 4.68. The van der Waals surface area contributed by atoms with Crippen LogP contribution >= 0.6 is 0 Å². The molecule has 1 N–H and O–H groups in total. The fourth-order valence-electron chi connectivity index (χ4n) is 1.06. The lowest BCUT2D eigenvalue weighted by atomic mass is 9.95. The zero-order valence-corrected chi connectivity index (χ0v) is 6.72. The third kappa shape index (κ3) is 2.84. The van der Waals surface area contributed by atoms with Gasteiger partial charge in [-0.3, -0.25) is 0 Å². The van der Waals surface area contributed by atoms with Gasteiger partial charge in [-0.25, -0.2) is 0 Å². The maximum atomic E-state index is 9.46. The van der Waals surface area contributed by atoms with Gasteiger partial charge in [0, 0.05) is 0 Å². The monoisotopic (exact) mass is 141 g/mol. The fraction of sp³-hybridized carbons (Fsp3) is 0.875. The number of hydrogen-bond acceptors (Lipinski definition) is 2. The Morgan fingerprint density at radius 1 is 1.30 bits per heavy atom. The summed E-state index contributed by atoms with van der Waals surface area (Å²) in [5.41, 5.74) is -1.05. The standard InChI is InChI=1S/C8H15NO/c1-3-5-8(10,7-9)6-4-2/h10H,3-6H2,1-2H3. The van der Waals surface area contributed by atoms with Crippen molar-refractivity contribution in [2.45, 2.75) is 45.1 Å². The summed E-state index contributed by atoms with van der Waals surface area (Å²) in [6, 6.07) is 1.94. The van der Waals surface area contributed by atoms with Crippen LogP contribution in [-0.4, -0.2) is 10.7 Å². The molecule has 0 spiro atoms. The normalized spacial score (nSPS) is 11.0. The van der Waals surface area contributed by atoms with Crippen molar-refractivity contribution < 1.29 is 5.11 Å². The summed E-state index contributed by atoms with van der Waals surface area (Å²) in [4.78, 5) is 0. The first-order valence-corrected chi connectivity index (χ1v) is 3.82. The van der Waals surface area contributed by atoms with Crippen molar-refractivity contribution in [1.29, 1.82) is 5.26 Å². The van der Waals surface area contributed by atoms with Crippen LogP contribution in [0.4, 0.5) is 0 Å². The van der Waals surface area contributed by atoms with E-state index in [9.17, 15) is 5.11 Å². The predicted molar refractivity (Wildman–Crippen MR) is 40.4 cm³/mol. The molecule has 0 aliphatic carbocycles. The van der Waals surface area contributed by atoms with Crippen molar-refractivity contribution >= 4 is 0 Å². The number of nitriles is 1. The molecular weight excluding hydrogens is 126 g/mol. The molecular formula is C8H15NO. The van der Waals surface area contributed by atoms with E-state index in [0.717, 1.165) is 12.8 Å². The van der Waals surface area contributed by atoms with Gasteiger partial charge in [-0.1, -0.05) is 26.7 Å². The second-order valence-electron chi connectivity index (χ2n) is 2.64. The summed E-state index contributed by atoms with van der Waals surface area (Å²) in [7, 11) is 0. The summed E-state index contributed by atoms with van der Waals surface area (Å²) in [6.45, 7) is 3.94. The highest BCUT2D eigenvalue weighted by Crippen LogP contribution is 2.17. The lowest BCUT2D eigenvalue weighted by Crippen LogP contribution is -2.25. The van der Waals surface area contributed by atoms with Crippen molar-refractivity contribution in [3.05, 3.63) is 0 Å². The number of aliphatic hydroxyl groups is 1. The molecule has 0 bridgehead atoms. The number of rotatable bonds is 4. The minimum absolute atomic E-state index is 0.595. The van der Waals surface area contributed by atoms with Gasteiger partial charge < -0.3 is 5.11 Å². The summed E-state index contributed by atoms with van der Waals surface area (Å²) in [5, 5.41) is 18.0. The van der Waals surface area contributed by atoms with Crippen molar-refractivity contribution in [3.8, 4) is 6.07 Å². The van der Waals surface area contributed by atoms with Gasteiger partial charge in [-0.15, -0.1) is 0 Å². The predicted octanol–water partition coefficient (Wildman–Crippen LogP) is 1.84. The van der Waals surface area contributed by atoms with Crippen molar-refractivity contribution in [3.63, 3.8) is 0 Å². The molecule has 0 saturated carbocycles. The van der Waals surface area contributed by atoms with Crippen molar-refractivity contribution in [2.75, 3.05) is 0 Å². The molecule has 0 aromatic heterocycles. The average Bonchev–Trinajstić information content (AvgIpc) is 1.89. The van der Waals surface area contributed by atoms with E-state index in [4.69, 9.17) is 5.26 Å². The molecule has 10 heavy (non-hydrogen) atoms. The van der Waals surface area contributed by atoms with Crippen LogP contribution in [0.25, 0.3) is 0 Å². The van der Waals surface area contributed by atoms with E-state index in [0.29, 0.717) is 12.8 Å². The third-order valence-electron chi connectivity index (χ3n) is 1.54. The summed E-state index contributed by atoms with van der Waals surface area (Å²) in [5.74, 6) is 0. The summed E-state index contributed by atoms with van der Waals surface area (Å²) >= 11 is 0.